The number of hydrogen-bond acceptors (Lipinski definition) is 5. The van der Waals surface area contributed by atoms with Gasteiger partial charge < -0.3 is 14.8 Å². The van der Waals surface area contributed by atoms with Crippen molar-refractivity contribution in [3.63, 3.8) is 0 Å². The van der Waals surface area contributed by atoms with Crippen LogP contribution in [0.25, 0.3) is 17.1 Å². The normalized spacial score (nSPS) is 17.9. The number of nitrogens with two attached hydrogens (primary N) is 1. The average molecular weight is 325 g/mol. The lowest BCUT2D eigenvalue weighted by molar-refractivity contribution is -0.464. The molecule has 0 amide bonds. The molecule has 1 aliphatic rings. The number of benzene rings is 1. The van der Waals surface area contributed by atoms with Crippen LogP contribution < -0.4 is 10.2 Å². The van der Waals surface area contributed by atoms with Gasteiger partial charge in [0, 0.05) is 35.0 Å². The predicted octanol–water partition coefficient (Wildman–Crippen LogP) is 1.84. The molecule has 3 rings (SSSR count). The lowest BCUT2D eigenvalue weighted by Gasteiger charge is -2.31. The Hall–Kier alpha value is -2.93. The maximum Gasteiger partial charge on any atom is 0.286 e. The zero-order valence-corrected chi connectivity index (χ0v) is 13.5. The molecule has 7 nitrogen and oxygen atoms in total. The summed E-state index contributed by atoms with van der Waals surface area (Å²) < 4.78 is 1.44. The molecule has 0 bridgehead atoms. The minimum atomic E-state index is -0.406. The molecule has 0 saturated heterocycles. The van der Waals surface area contributed by atoms with E-state index in [0.717, 1.165) is 10.3 Å². The molecule has 2 N–H and O–H groups in total. The van der Waals surface area contributed by atoms with Gasteiger partial charge in [0.1, 0.15) is 11.2 Å². The topological polar surface area (TPSA) is 92.6 Å². The Morgan fingerprint density at radius 2 is 2.08 bits per heavy atom. The fourth-order valence-corrected chi connectivity index (χ4v) is 2.56. The molecule has 24 heavy (non-hydrogen) atoms. The molecule has 1 aromatic heterocycles. The Morgan fingerprint density at radius 1 is 1.33 bits per heavy atom. The van der Waals surface area contributed by atoms with Gasteiger partial charge in [0.25, 0.3) is 11.7 Å². The Kier molecular flexibility index (Phi) is 4.18. The summed E-state index contributed by atoms with van der Waals surface area (Å²) in [5.41, 5.74) is 7.63. The third-order valence-electron chi connectivity index (χ3n) is 3.84. The molecule has 124 valence electrons. The van der Waals surface area contributed by atoms with E-state index in [9.17, 15) is 10.1 Å². The van der Waals surface area contributed by atoms with Crippen LogP contribution in [0.3, 0.4) is 0 Å². The lowest BCUT2D eigenvalue weighted by Crippen LogP contribution is -2.43. The fourth-order valence-electron chi connectivity index (χ4n) is 2.56. The Labute approximate surface area is 139 Å². The highest BCUT2D eigenvalue weighted by Crippen LogP contribution is 2.15. The van der Waals surface area contributed by atoms with Crippen LogP contribution in [0.1, 0.15) is 19.5 Å². The van der Waals surface area contributed by atoms with E-state index in [-0.39, 0.29) is 11.7 Å². The number of para-hydroxylation sites is 2. The maximum absolute atomic E-state index is 12.4. The quantitative estimate of drug-likeness (QED) is 0.871. The molecule has 7 heteroatoms. The number of hydrogen-bond donors (Lipinski definition) is 1. The van der Waals surface area contributed by atoms with E-state index in [1.165, 1.54) is 6.20 Å². The SMILES string of the molecule is CC(C)N1C=C(/C=C/c2c[n+](=O)c3ccccc3n2[O-])C=NC1N. The first-order valence-electron chi connectivity index (χ1n) is 7.68. The van der Waals surface area contributed by atoms with Gasteiger partial charge in [-0.2, -0.15) is 0 Å². The van der Waals surface area contributed by atoms with Crippen LogP contribution in [0.2, 0.25) is 0 Å². The Bertz CT molecular complexity index is 911. The summed E-state index contributed by atoms with van der Waals surface area (Å²) in [6.07, 6.45) is 7.74. The molecule has 0 spiro atoms. The summed E-state index contributed by atoms with van der Waals surface area (Å²) in [7, 11) is 0. The van der Waals surface area contributed by atoms with E-state index < -0.39 is 6.29 Å². The number of aliphatic imine (C=N–C) groups is 1. The van der Waals surface area contributed by atoms with E-state index in [1.54, 1.807) is 42.6 Å². The van der Waals surface area contributed by atoms with Gasteiger partial charge in [0.05, 0.1) is 4.43 Å². The Morgan fingerprint density at radius 3 is 2.83 bits per heavy atom. The summed E-state index contributed by atoms with van der Waals surface area (Å²) in [6, 6.07) is 6.88. The molecule has 0 aliphatic carbocycles. The van der Waals surface area contributed by atoms with Gasteiger partial charge in [-0.15, -0.1) is 0 Å². The molecule has 2 heterocycles. The third-order valence-corrected chi connectivity index (χ3v) is 3.84. The highest BCUT2D eigenvalue weighted by Gasteiger charge is 2.16. The van der Waals surface area contributed by atoms with Gasteiger partial charge in [-0.25, -0.2) is 0 Å². The van der Waals surface area contributed by atoms with Gasteiger partial charge in [0.15, 0.2) is 6.29 Å². The molecule has 1 aromatic carbocycles. The van der Waals surface area contributed by atoms with E-state index >= 15 is 0 Å². The monoisotopic (exact) mass is 325 g/mol. The third kappa shape index (κ3) is 2.93. The van der Waals surface area contributed by atoms with Gasteiger partial charge in [-0.3, -0.25) is 10.7 Å². The van der Waals surface area contributed by atoms with Gasteiger partial charge in [-0.1, -0.05) is 12.1 Å². The smallest absolute Gasteiger partial charge is 0.286 e. The minimum Gasteiger partial charge on any atom is -0.805 e. The highest BCUT2D eigenvalue weighted by molar-refractivity contribution is 5.85. The standard InChI is InChI=1S/C17H19N5O2/c1-12(2)20-10-13(9-19-17(20)18)7-8-14-11-21(23)15-5-3-4-6-16(15)22(14)24/h3-12,17H,18H2,1-2H3/b8-7+. The summed E-state index contributed by atoms with van der Waals surface area (Å²) in [5, 5.41) is 12.4. The average Bonchev–Trinajstić information content (AvgIpc) is 2.58. The number of rotatable bonds is 3. The van der Waals surface area contributed by atoms with Gasteiger partial charge in [0.2, 0.25) is 0 Å². The molecule has 2 aromatic rings. The first-order chi connectivity index (χ1) is 11.5. The van der Waals surface area contributed by atoms with Crippen LogP contribution >= 0.6 is 0 Å². The van der Waals surface area contributed by atoms with Crippen molar-refractivity contribution in [2.24, 2.45) is 10.7 Å². The van der Waals surface area contributed by atoms with Crippen molar-refractivity contribution in [3.05, 3.63) is 64.1 Å². The van der Waals surface area contributed by atoms with Crippen LogP contribution in [0.5, 0.6) is 0 Å². The second kappa shape index (κ2) is 6.29. The van der Waals surface area contributed by atoms with E-state index in [0.29, 0.717) is 15.5 Å². The first kappa shape index (κ1) is 15.9. The largest absolute Gasteiger partial charge is 0.805 e. The highest BCUT2D eigenvalue weighted by atomic mass is 16.5. The van der Waals surface area contributed by atoms with Crippen LogP contribution in [0.4, 0.5) is 0 Å². The minimum absolute atomic E-state index is 0.203. The van der Waals surface area contributed by atoms with Crippen LogP contribution in [-0.4, -0.2) is 28.2 Å². The van der Waals surface area contributed by atoms with Crippen molar-refractivity contribution in [1.82, 2.24) is 9.63 Å². The van der Waals surface area contributed by atoms with E-state index in [2.05, 4.69) is 4.99 Å². The van der Waals surface area contributed by atoms with E-state index in [4.69, 9.17) is 5.73 Å². The summed E-state index contributed by atoms with van der Waals surface area (Å²) in [5.74, 6) is 0. The number of allylic oxidation sites excluding steroid dienone is 2. The fraction of sp³-hybridized carbons (Fsp3) is 0.235. The second-order valence-electron chi connectivity index (χ2n) is 5.86. The van der Waals surface area contributed by atoms with Crippen molar-refractivity contribution in [2.45, 2.75) is 26.2 Å². The van der Waals surface area contributed by atoms with Crippen molar-refractivity contribution in [1.29, 1.82) is 0 Å². The first-order valence-corrected chi connectivity index (χ1v) is 7.68. The van der Waals surface area contributed by atoms with Crippen molar-refractivity contribution < 1.29 is 4.43 Å². The lowest BCUT2D eigenvalue weighted by atomic mass is 10.2. The van der Waals surface area contributed by atoms with Crippen LogP contribution in [0.15, 0.2) is 53.3 Å². The Balaban J connectivity index is 1.97. The molecule has 1 atom stereocenters. The van der Waals surface area contributed by atoms with Gasteiger partial charge >= 0.3 is 0 Å². The molecular weight excluding hydrogens is 306 g/mol. The number of nitrogens with zero attached hydrogens (tertiary/aromatic N) is 4. The van der Waals surface area contributed by atoms with E-state index in [1.807, 2.05) is 24.9 Å². The summed E-state index contributed by atoms with van der Waals surface area (Å²) >= 11 is 0. The van der Waals surface area contributed by atoms with Crippen LogP contribution in [-0.2, 0) is 0 Å². The summed E-state index contributed by atoms with van der Waals surface area (Å²) in [4.78, 5) is 18.2. The predicted molar refractivity (Wildman–Crippen MR) is 94.6 cm³/mol. The summed E-state index contributed by atoms with van der Waals surface area (Å²) in [6.45, 7) is 4.04. The molecule has 1 aliphatic heterocycles. The molecule has 1 unspecified atom stereocenters. The zero-order valence-electron chi connectivity index (χ0n) is 13.5. The zero-order chi connectivity index (χ0) is 17.3. The maximum atomic E-state index is 12.4. The van der Waals surface area contributed by atoms with Gasteiger partial charge in [-0.05, 0) is 32.1 Å². The molecule has 0 fully saturated rings. The number of aromatic nitrogens is 2. The van der Waals surface area contributed by atoms with Crippen molar-refractivity contribution in [2.75, 3.05) is 0 Å². The number of fused-ring (bicyclic) bond motifs is 1. The van der Waals surface area contributed by atoms with Crippen molar-refractivity contribution in [3.8, 4) is 0 Å². The second-order valence-corrected chi connectivity index (χ2v) is 5.86. The molecule has 0 saturated carbocycles. The molecule has 0 radical (unpaired) electrons. The van der Waals surface area contributed by atoms with Crippen LogP contribution in [0, 0.1) is 10.1 Å². The van der Waals surface area contributed by atoms with Crippen molar-refractivity contribution >= 4 is 23.3 Å². The molecular formula is C17H19N5O2.